The third-order valence-corrected chi connectivity index (χ3v) is 6.04. The molecule has 1 amide bonds. The van der Waals surface area contributed by atoms with E-state index >= 15 is 0 Å². The quantitative estimate of drug-likeness (QED) is 0.758. The third-order valence-electron chi connectivity index (χ3n) is 6.04. The first-order chi connectivity index (χ1) is 13.3. The van der Waals surface area contributed by atoms with Crippen molar-refractivity contribution in [2.24, 2.45) is 5.92 Å². The largest absolute Gasteiger partial charge is 0.344 e. The van der Waals surface area contributed by atoms with Crippen LogP contribution >= 0.6 is 12.4 Å². The van der Waals surface area contributed by atoms with Gasteiger partial charge >= 0.3 is 0 Å². The molecule has 2 atom stereocenters. The number of carbonyl (C=O) groups is 1. The molecule has 2 heterocycles. The molecule has 152 valence electrons. The minimum atomic E-state index is -0.0654. The zero-order valence-electron chi connectivity index (χ0n) is 16.3. The molecule has 2 unspecified atom stereocenters. The average molecular weight is 403 g/mol. The Bertz CT molecular complexity index is 736. The Kier molecular flexibility index (Phi) is 7.51. The first-order valence-corrected chi connectivity index (χ1v) is 10.4. The van der Waals surface area contributed by atoms with Gasteiger partial charge in [0.15, 0.2) is 0 Å². The summed E-state index contributed by atoms with van der Waals surface area (Å²) in [5, 5.41) is 11.2. The summed E-state index contributed by atoms with van der Waals surface area (Å²) < 4.78 is 1.95. The molecule has 2 aliphatic rings. The van der Waals surface area contributed by atoms with E-state index in [4.69, 9.17) is 0 Å². The molecule has 1 saturated heterocycles. The highest BCUT2D eigenvalue weighted by molar-refractivity contribution is 5.92. The molecule has 0 radical (unpaired) electrons. The Morgan fingerprint density at radius 1 is 1.14 bits per heavy atom. The lowest BCUT2D eigenvalue weighted by molar-refractivity contribution is 0.0924. The Hall–Kier alpha value is -1.85. The highest BCUT2D eigenvalue weighted by Crippen LogP contribution is 2.33. The van der Waals surface area contributed by atoms with Crippen LogP contribution in [0.4, 0.5) is 0 Å². The van der Waals surface area contributed by atoms with Crippen LogP contribution in [-0.4, -0.2) is 28.8 Å². The third kappa shape index (κ3) is 5.15. The highest BCUT2D eigenvalue weighted by atomic mass is 35.5. The van der Waals surface area contributed by atoms with Crippen molar-refractivity contribution in [1.29, 1.82) is 0 Å². The van der Waals surface area contributed by atoms with Crippen LogP contribution in [-0.2, 0) is 0 Å². The summed E-state index contributed by atoms with van der Waals surface area (Å²) in [5.41, 5.74) is 1.71. The van der Waals surface area contributed by atoms with Gasteiger partial charge in [0.2, 0.25) is 0 Å². The van der Waals surface area contributed by atoms with Gasteiger partial charge in [0, 0.05) is 12.7 Å². The molecule has 28 heavy (non-hydrogen) atoms. The van der Waals surface area contributed by atoms with Crippen LogP contribution in [0.2, 0.25) is 0 Å². The molecule has 1 saturated carbocycles. The van der Waals surface area contributed by atoms with Gasteiger partial charge in [0.25, 0.3) is 5.91 Å². The molecule has 0 bridgehead atoms. The van der Waals surface area contributed by atoms with E-state index in [-0.39, 0.29) is 24.4 Å². The second-order valence-electron chi connectivity index (χ2n) is 8.00. The highest BCUT2D eigenvalue weighted by Gasteiger charge is 2.24. The molecule has 4 rings (SSSR count). The molecule has 2 aromatic rings. The normalized spacial score (nSPS) is 21.1. The maximum Gasteiger partial charge on any atom is 0.272 e. The first-order valence-electron chi connectivity index (χ1n) is 10.4. The number of benzene rings is 1. The van der Waals surface area contributed by atoms with Gasteiger partial charge in [-0.25, -0.2) is 0 Å². The van der Waals surface area contributed by atoms with Crippen molar-refractivity contribution in [3.05, 3.63) is 53.9 Å². The fourth-order valence-electron chi connectivity index (χ4n) is 4.50. The number of hydrogen-bond donors (Lipinski definition) is 2. The number of piperidine rings is 1. The predicted octanol–water partition coefficient (Wildman–Crippen LogP) is 4.28. The summed E-state index contributed by atoms with van der Waals surface area (Å²) in [6.07, 6.45) is 10.4. The molecule has 1 aromatic carbocycles. The minimum Gasteiger partial charge on any atom is -0.344 e. The monoisotopic (exact) mass is 402 g/mol. The molecular weight excluding hydrogens is 372 g/mol. The van der Waals surface area contributed by atoms with Gasteiger partial charge in [-0.3, -0.25) is 9.48 Å². The van der Waals surface area contributed by atoms with Crippen LogP contribution in [0.3, 0.4) is 0 Å². The van der Waals surface area contributed by atoms with E-state index in [1.807, 2.05) is 35.1 Å². The van der Waals surface area contributed by atoms with E-state index in [2.05, 4.69) is 27.9 Å². The zero-order chi connectivity index (χ0) is 18.5. The van der Waals surface area contributed by atoms with E-state index in [1.165, 1.54) is 31.2 Å². The van der Waals surface area contributed by atoms with Gasteiger partial charge in [-0.1, -0.05) is 56.0 Å². The van der Waals surface area contributed by atoms with E-state index in [1.54, 1.807) is 0 Å². The van der Waals surface area contributed by atoms with E-state index in [0.717, 1.165) is 32.4 Å². The SMILES string of the molecule is Cl.O=C(NC(CC1CCCC1)c1ccccc1)c1ccn(C2CCCNC2)n1. The molecule has 2 fully saturated rings. The van der Waals surface area contributed by atoms with Gasteiger partial charge < -0.3 is 10.6 Å². The van der Waals surface area contributed by atoms with E-state index in [0.29, 0.717) is 17.7 Å². The maximum atomic E-state index is 12.9. The summed E-state index contributed by atoms with van der Waals surface area (Å²) >= 11 is 0. The van der Waals surface area contributed by atoms with Crippen LogP contribution < -0.4 is 10.6 Å². The summed E-state index contributed by atoms with van der Waals surface area (Å²) in [7, 11) is 0. The van der Waals surface area contributed by atoms with E-state index < -0.39 is 0 Å². The van der Waals surface area contributed by atoms with Gasteiger partial charge in [-0.15, -0.1) is 12.4 Å². The summed E-state index contributed by atoms with van der Waals surface area (Å²) in [6.45, 7) is 2.00. The molecule has 6 heteroatoms. The lowest BCUT2D eigenvalue weighted by Gasteiger charge is -2.23. The fraction of sp³-hybridized carbons (Fsp3) is 0.545. The number of aromatic nitrogens is 2. The van der Waals surface area contributed by atoms with Crippen molar-refractivity contribution in [2.75, 3.05) is 13.1 Å². The number of amides is 1. The first kappa shape index (κ1) is 20.9. The minimum absolute atomic E-state index is 0. The lowest BCUT2D eigenvalue weighted by Crippen LogP contribution is -2.33. The molecule has 1 aliphatic carbocycles. The van der Waals surface area contributed by atoms with Crippen molar-refractivity contribution >= 4 is 18.3 Å². The van der Waals surface area contributed by atoms with E-state index in [9.17, 15) is 4.79 Å². The fourth-order valence-corrected chi connectivity index (χ4v) is 4.50. The summed E-state index contributed by atoms with van der Waals surface area (Å²) in [5.74, 6) is 0.644. The molecule has 1 aromatic heterocycles. The molecule has 0 spiro atoms. The Balaban J connectivity index is 0.00000225. The molecule has 1 aliphatic heterocycles. The van der Waals surface area contributed by atoms with Crippen LogP contribution in [0.15, 0.2) is 42.6 Å². The van der Waals surface area contributed by atoms with Gasteiger partial charge in [-0.2, -0.15) is 5.10 Å². The second-order valence-corrected chi connectivity index (χ2v) is 8.00. The van der Waals surface area contributed by atoms with Crippen LogP contribution in [0.1, 0.15) is 73.1 Å². The van der Waals surface area contributed by atoms with Gasteiger partial charge in [0.05, 0.1) is 12.1 Å². The topological polar surface area (TPSA) is 59.0 Å². The number of nitrogens with one attached hydrogen (secondary N) is 2. The smallest absolute Gasteiger partial charge is 0.272 e. The van der Waals surface area contributed by atoms with Crippen molar-refractivity contribution in [1.82, 2.24) is 20.4 Å². The number of rotatable bonds is 6. The average Bonchev–Trinajstić information content (AvgIpc) is 3.41. The second kappa shape index (κ2) is 10.1. The summed E-state index contributed by atoms with van der Waals surface area (Å²) in [4.78, 5) is 12.9. The molecule has 2 N–H and O–H groups in total. The number of hydrogen-bond acceptors (Lipinski definition) is 3. The van der Waals surface area contributed by atoms with Gasteiger partial charge in [-0.05, 0) is 43.4 Å². The number of carbonyl (C=O) groups excluding carboxylic acids is 1. The van der Waals surface area contributed by atoms with Crippen molar-refractivity contribution in [3.8, 4) is 0 Å². The maximum absolute atomic E-state index is 12.9. The lowest BCUT2D eigenvalue weighted by atomic mass is 9.93. The van der Waals surface area contributed by atoms with Crippen LogP contribution in [0, 0.1) is 5.92 Å². The zero-order valence-corrected chi connectivity index (χ0v) is 17.2. The number of halogens is 1. The Morgan fingerprint density at radius 3 is 2.64 bits per heavy atom. The summed E-state index contributed by atoms with van der Waals surface area (Å²) in [6, 6.07) is 12.6. The Labute approximate surface area is 173 Å². The van der Waals surface area contributed by atoms with Gasteiger partial charge in [0.1, 0.15) is 5.69 Å². The van der Waals surface area contributed by atoms with Crippen molar-refractivity contribution < 1.29 is 4.79 Å². The van der Waals surface area contributed by atoms with Crippen LogP contribution in [0.5, 0.6) is 0 Å². The predicted molar refractivity (Wildman–Crippen MR) is 114 cm³/mol. The molecule has 5 nitrogen and oxygen atoms in total. The standard InChI is InChI=1S/C22H30N4O.ClH/c27-22(20-12-14-26(25-20)19-11-6-13-23-16-19)24-21(15-17-7-4-5-8-17)18-9-2-1-3-10-18;/h1-3,9-10,12,14,17,19,21,23H,4-8,11,13,15-16H2,(H,24,27);1H. The molecular formula is C22H31ClN4O. The van der Waals surface area contributed by atoms with Crippen LogP contribution in [0.25, 0.3) is 0 Å². The van der Waals surface area contributed by atoms with Crippen molar-refractivity contribution in [2.45, 2.75) is 57.0 Å². The number of nitrogens with zero attached hydrogens (tertiary/aromatic N) is 2. The van der Waals surface area contributed by atoms with Crippen molar-refractivity contribution in [3.63, 3.8) is 0 Å². The Morgan fingerprint density at radius 2 is 1.93 bits per heavy atom.